The van der Waals surface area contributed by atoms with Gasteiger partial charge in [-0.25, -0.2) is 9.38 Å². The van der Waals surface area contributed by atoms with E-state index in [0.29, 0.717) is 6.54 Å². The Bertz CT molecular complexity index is 1360. The first-order valence-corrected chi connectivity index (χ1v) is 12.3. The Morgan fingerprint density at radius 1 is 1.09 bits per heavy atom. The molecule has 1 amide bonds. The normalized spacial score (nSPS) is 16.4. The lowest BCUT2D eigenvalue weighted by atomic mass is 9.96. The van der Waals surface area contributed by atoms with Crippen LogP contribution in [0.15, 0.2) is 42.5 Å². The number of hydrogen-bond acceptors (Lipinski definition) is 5. The van der Waals surface area contributed by atoms with Gasteiger partial charge in [-0.3, -0.25) is 4.79 Å². The van der Waals surface area contributed by atoms with Crippen LogP contribution in [0.2, 0.25) is 0 Å². The van der Waals surface area contributed by atoms with Gasteiger partial charge in [0.25, 0.3) is 0 Å². The van der Waals surface area contributed by atoms with Crippen molar-refractivity contribution in [3.05, 3.63) is 53.6 Å². The highest BCUT2D eigenvalue weighted by molar-refractivity contribution is 5.94. The number of hydrogen-bond donors (Lipinski definition) is 0. The highest BCUT2D eigenvalue weighted by Crippen LogP contribution is 2.32. The monoisotopic (exact) mass is 456 g/mol. The number of rotatable bonds is 5. The second-order valence-corrected chi connectivity index (χ2v) is 9.23. The second-order valence-electron chi connectivity index (χ2n) is 9.23. The zero-order valence-corrected chi connectivity index (χ0v) is 20.5. The number of nitrogens with zero attached hydrogens (tertiary/aromatic N) is 6. The van der Waals surface area contributed by atoms with Crippen molar-refractivity contribution in [2.75, 3.05) is 31.1 Å². The molecule has 0 radical (unpaired) electrons. The lowest BCUT2D eigenvalue weighted by Crippen LogP contribution is -2.45. The SMILES string of the molecule is CCN(CC)C(=O)C1CCCN(c2nc3ccc(C)cc3c3nnc(-c4ccccc4C)n23)C1. The molecule has 0 bridgehead atoms. The number of benzene rings is 2. The summed E-state index contributed by atoms with van der Waals surface area (Å²) in [5.74, 6) is 1.81. The van der Waals surface area contributed by atoms with Crippen LogP contribution >= 0.6 is 0 Å². The molecule has 7 nitrogen and oxygen atoms in total. The van der Waals surface area contributed by atoms with E-state index in [1.165, 1.54) is 0 Å². The quantitative estimate of drug-likeness (QED) is 0.437. The molecule has 0 saturated carbocycles. The third-order valence-corrected chi connectivity index (χ3v) is 6.99. The second kappa shape index (κ2) is 9.05. The van der Waals surface area contributed by atoms with E-state index in [9.17, 15) is 4.79 Å². The van der Waals surface area contributed by atoms with E-state index in [1.807, 2.05) is 30.9 Å². The number of fused-ring (bicyclic) bond motifs is 3. The fourth-order valence-electron chi connectivity index (χ4n) is 5.10. The Morgan fingerprint density at radius 2 is 1.88 bits per heavy atom. The maximum atomic E-state index is 13.2. The number of amides is 1. The minimum absolute atomic E-state index is 0.0300. The summed E-state index contributed by atoms with van der Waals surface area (Å²) in [5, 5.41) is 10.3. The maximum absolute atomic E-state index is 13.2. The molecule has 7 heteroatoms. The molecule has 0 N–H and O–H groups in total. The van der Waals surface area contributed by atoms with Crippen LogP contribution in [-0.2, 0) is 4.79 Å². The van der Waals surface area contributed by atoms with Gasteiger partial charge in [0.15, 0.2) is 11.5 Å². The molecule has 0 spiro atoms. The molecule has 1 unspecified atom stereocenters. The molecule has 3 heterocycles. The fourth-order valence-corrected chi connectivity index (χ4v) is 5.10. The molecule has 1 atom stereocenters. The van der Waals surface area contributed by atoms with E-state index in [0.717, 1.165) is 77.5 Å². The first kappa shape index (κ1) is 22.3. The summed E-state index contributed by atoms with van der Waals surface area (Å²) in [6, 6.07) is 14.5. The van der Waals surface area contributed by atoms with Gasteiger partial charge in [0.05, 0.1) is 11.4 Å². The number of aromatic nitrogens is 4. The molecule has 34 heavy (non-hydrogen) atoms. The Labute approximate surface area is 200 Å². The first-order valence-electron chi connectivity index (χ1n) is 12.3. The van der Waals surface area contributed by atoms with Crippen molar-refractivity contribution in [3.63, 3.8) is 0 Å². The summed E-state index contributed by atoms with van der Waals surface area (Å²) >= 11 is 0. The summed E-state index contributed by atoms with van der Waals surface area (Å²) < 4.78 is 2.09. The standard InChI is InChI=1S/C27H32N6O/c1-5-31(6-2)26(34)20-11-9-15-32(17-20)27-28-23-14-13-18(3)16-22(23)25-30-29-24(33(25)27)21-12-8-7-10-19(21)4/h7-8,10,12-14,16,20H,5-6,9,11,15,17H2,1-4H3. The summed E-state index contributed by atoms with van der Waals surface area (Å²) in [6.07, 6.45) is 1.86. The minimum Gasteiger partial charge on any atom is -0.343 e. The van der Waals surface area contributed by atoms with Gasteiger partial charge in [0.1, 0.15) is 0 Å². The number of carbonyl (C=O) groups excluding carboxylic acids is 1. The lowest BCUT2D eigenvalue weighted by Gasteiger charge is -2.35. The Morgan fingerprint density at radius 3 is 2.65 bits per heavy atom. The van der Waals surface area contributed by atoms with Gasteiger partial charge in [-0.05, 0) is 58.2 Å². The van der Waals surface area contributed by atoms with E-state index in [4.69, 9.17) is 4.98 Å². The predicted molar refractivity (Wildman–Crippen MR) is 136 cm³/mol. The van der Waals surface area contributed by atoms with E-state index < -0.39 is 0 Å². The Balaban J connectivity index is 1.68. The van der Waals surface area contributed by atoms with Crippen LogP contribution in [0.25, 0.3) is 27.9 Å². The number of anilines is 1. The highest BCUT2D eigenvalue weighted by atomic mass is 16.2. The molecule has 1 saturated heterocycles. The van der Waals surface area contributed by atoms with Gasteiger partial charge in [-0.1, -0.05) is 35.9 Å². The number of carbonyl (C=O) groups is 1. The van der Waals surface area contributed by atoms with Crippen LogP contribution in [0.3, 0.4) is 0 Å². The van der Waals surface area contributed by atoms with E-state index in [1.54, 1.807) is 0 Å². The topological polar surface area (TPSA) is 66.6 Å². The number of piperidine rings is 1. The maximum Gasteiger partial charge on any atom is 0.227 e. The molecule has 1 fully saturated rings. The first-order chi connectivity index (χ1) is 16.5. The van der Waals surface area contributed by atoms with Crippen LogP contribution in [0, 0.1) is 19.8 Å². The van der Waals surface area contributed by atoms with Gasteiger partial charge in [0, 0.05) is 37.1 Å². The van der Waals surface area contributed by atoms with Gasteiger partial charge in [-0.15, -0.1) is 10.2 Å². The van der Waals surface area contributed by atoms with Crippen LogP contribution in [0.5, 0.6) is 0 Å². The van der Waals surface area contributed by atoms with E-state index >= 15 is 0 Å². The third-order valence-electron chi connectivity index (χ3n) is 6.99. The third kappa shape index (κ3) is 3.79. The zero-order chi connectivity index (χ0) is 23.8. The largest absolute Gasteiger partial charge is 0.343 e. The fraction of sp³-hybridized carbons (Fsp3) is 0.407. The van der Waals surface area contributed by atoms with Crippen molar-refractivity contribution >= 4 is 28.4 Å². The van der Waals surface area contributed by atoms with Crippen LogP contribution in [-0.4, -0.2) is 56.6 Å². The predicted octanol–water partition coefficient (Wildman–Crippen LogP) is 4.65. The summed E-state index contributed by atoms with van der Waals surface area (Å²) in [7, 11) is 0. The summed E-state index contributed by atoms with van der Waals surface area (Å²) in [5.41, 5.74) is 5.04. The van der Waals surface area contributed by atoms with Crippen molar-refractivity contribution < 1.29 is 4.79 Å². The average molecular weight is 457 g/mol. The molecule has 4 aromatic rings. The minimum atomic E-state index is -0.0300. The number of aryl methyl sites for hydroxylation is 2. The molecular formula is C27H32N6O. The van der Waals surface area contributed by atoms with Gasteiger partial charge in [0.2, 0.25) is 11.9 Å². The Kier molecular flexibility index (Phi) is 5.94. The molecule has 176 valence electrons. The molecule has 2 aromatic carbocycles. The van der Waals surface area contributed by atoms with Crippen molar-refractivity contribution in [1.29, 1.82) is 0 Å². The molecule has 1 aliphatic heterocycles. The lowest BCUT2D eigenvalue weighted by molar-refractivity contribution is -0.135. The Hall–Kier alpha value is -3.48. The van der Waals surface area contributed by atoms with Crippen molar-refractivity contribution in [2.45, 2.75) is 40.5 Å². The average Bonchev–Trinajstić information content (AvgIpc) is 3.30. The van der Waals surface area contributed by atoms with E-state index in [2.05, 4.69) is 63.7 Å². The zero-order valence-electron chi connectivity index (χ0n) is 20.5. The van der Waals surface area contributed by atoms with Crippen LogP contribution in [0.1, 0.15) is 37.8 Å². The van der Waals surface area contributed by atoms with E-state index in [-0.39, 0.29) is 11.8 Å². The van der Waals surface area contributed by atoms with Crippen molar-refractivity contribution in [2.24, 2.45) is 5.92 Å². The molecule has 5 rings (SSSR count). The molecular weight excluding hydrogens is 424 g/mol. The van der Waals surface area contributed by atoms with Crippen LogP contribution < -0.4 is 4.90 Å². The van der Waals surface area contributed by atoms with Gasteiger partial charge >= 0.3 is 0 Å². The smallest absolute Gasteiger partial charge is 0.227 e. The van der Waals surface area contributed by atoms with Crippen molar-refractivity contribution in [3.8, 4) is 11.4 Å². The van der Waals surface area contributed by atoms with Crippen LogP contribution in [0.4, 0.5) is 5.95 Å². The molecule has 0 aliphatic carbocycles. The van der Waals surface area contributed by atoms with Gasteiger partial charge in [-0.2, -0.15) is 0 Å². The van der Waals surface area contributed by atoms with Crippen molar-refractivity contribution in [1.82, 2.24) is 24.5 Å². The summed E-state index contributed by atoms with van der Waals surface area (Å²) in [4.78, 5) is 22.5. The van der Waals surface area contributed by atoms with Gasteiger partial charge < -0.3 is 9.80 Å². The summed E-state index contributed by atoms with van der Waals surface area (Å²) in [6.45, 7) is 11.3. The highest BCUT2D eigenvalue weighted by Gasteiger charge is 2.31. The molecule has 2 aromatic heterocycles. The molecule has 1 aliphatic rings.